The lowest BCUT2D eigenvalue weighted by molar-refractivity contribution is -0.187. The lowest BCUT2D eigenvalue weighted by Gasteiger charge is -2.31. The number of carbonyl (C=O) groups is 1. The summed E-state index contributed by atoms with van der Waals surface area (Å²) in [6.07, 6.45) is -0.199. The second-order valence-electron chi connectivity index (χ2n) is 4.40. The van der Waals surface area contributed by atoms with Crippen LogP contribution in [0.2, 0.25) is 0 Å². The van der Waals surface area contributed by atoms with E-state index in [1.807, 2.05) is 0 Å². The van der Waals surface area contributed by atoms with E-state index in [1.165, 1.54) is 0 Å². The second-order valence-corrected chi connectivity index (χ2v) is 4.40. The Bertz CT molecular complexity index is 264. The van der Waals surface area contributed by atoms with Crippen molar-refractivity contribution in [2.75, 3.05) is 6.54 Å². The van der Waals surface area contributed by atoms with Crippen molar-refractivity contribution in [3.63, 3.8) is 0 Å². The van der Waals surface area contributed by atoms with Gasteiger partial charge in [-0.2, -0.15) is 13.2 Å². The van der Waals surface area contributed by atoms with E-state index in [-0.39, 0.29) is 12.6 Å². The molecule has 1 aliphatic heterocycles. The van der Waals surface area contributed by atoms with Crippen LogP contribution in [0.5, 0.6) is 0 Å². The summed E-state index contributed by atoms with van der Waals surface area (Å²) in [5.74, 6) is -1.33. The third-order valence-electron chi connectivity index (χ3n) is 3.51. The molecule has 2 fully saturated rings. The molecule has 0 unspecified atom stereocenters. The summed E-state index contributed by atoms with van der Waals surface area (Å²) < 4.78 is 36.8. The van der Waals surface area contributed by atoms with E-state index in [1.54, 1.807) is 0 Å². The van der Waals surface area contributed by atoms with Crippen molar-refractivity contribution in [1.29, 1.82) is 0 Å². The maximum Gasteiger partial charge on any atom is 0.471 e. The molecule has 0 bridgehead atoms. The van der Waals surface area contributed by atoms with Crippen LogP contribution in [0.1, 0.15) is 32.1 Å². The van der Waals surface area contributed by atoms with Crippen molar-refractivity contribution >= 4 is 5.91 Å². The van der Waals surface area contributed by atoms with Crippen LogP contribution in [0.4, 0.5) is 13.2 Å². The number of halogens is 3. The molecule has 1 saturated heterocycles. The van der Waals surface area contributed by atoms with Gasteiger partial charge in [0.15, 0.2) is 0 Å². The fraction of sp³-hybridized carbons (Fsp3) is 0.900. The first-order chi connectivity index (χ1) is 7.00. The van der Waals surface area contributed by atoms with E-state index in [9.17, 15) is 18.0 Å². The number of rotatable bonds is 0. The molecule has 1 saturated carbocycles. The summed E-state index contributed by atoms with van der Waals surface area (Å²) in [5, 5.41) is 0. The molecule has 1 heterocycles. The highest BCUT2D eigenvalue weighted by atomic mass is 19.4. The lowest BCUT2D eigenvalue weighted by atomic mass is 9.85. The van der Waals surface area contributed by atoms with Crippen LogP contribution in [0.25, 0.3) is 0 Å². The van der Waals surface area contributed by atoms with Crippen LogP contribution in [-0.2, 0) is 4.79 Å². The first-order valence-electron chi connectivity index (χ1n) is 5.38. The zero-order valence-electron chi connectivity index (χ0n) is 8.39. The number of amides is 1. The van der Waals surface area contributed by atoms with Gasteiger partial charge >= 0.3 is 12.1 Å². The highest BCUT2D eigenvalue weighted by Crippen LogP contribution is 2.37. The van der Waals surface area contributed by atoms with Gasteiger partial charge < -0.3 is 4.90 Å². The number of nitrogens with zero attached hydrogens (tertiary/aromatic N) is 1. The summed E-state index contributed by atoms with van der Waals surface area (Å²) >= 11 is 0. The Morgan fingerprint density at radius 3 is 2.47 bits per heavy atom. The molecule has 1 aliphatic carbocycles. The van der Waals surface area contributed by atoms with Crippen molar-refractivity contribution in [3.05, 3.63) is 0 Å². The molecular formula is C10H14F3NO. The summed E-state index contributed by atoms with van der Waals surface area (Å²) in [5.41, 5.74) is 0. The molecule has 0 radical (unpaired) electrons. The molecule has 0 aromatic rings. The van der Waals surface area contributed by atoms with E-state index in [0.29, 0.717) is 5.92 Å². The molecule has 2 nitrogen and oxygen atoms in total. The Morgan fingerprint density at radius 1 is 1.13 bits per heavy atom. The van der Waals surface area contributed by atoms with Crippen LogP contribution in [0.15, 0.2) is 0 Å². The average Bonchev–Trinajstić information content (AvgIpc) is 2.58. The minimum absolute atomic E-state index is 0.145. The molecule has 2 aliphatic rings. The molecule has 1 amide bonds. The summed E-state index contributed by atoms with van der Waals surface area (Å²) in [7, 11) is 0. The Morgan fingerprint density at radius 2 is 1.80 bits per heavy atom. The number of hydrogen-bond donors (Lipinski definition) is 0. The van der Waals surface area contributed by atoms with Crippen LogP contribution in [0, 0.1) is 5.92 Å². The quantitative estimate of drug-likeness (QED) is 0.614. The number of likely N-dealkylation sites (tertiary alicyclic amines) is 1. The van der Waals surface area contributed by atoms with E-state index in [4.69, 9.17) is 0 Å². The molecule has 15 heavy (non-hydrogen) atoms. The van der Waals surface area contributed by atoms with Crippen LogP contribution in [0.3, 0.4) is 0 Å². The smallest absolute Gasteiger partial charge is 0.332 e. The highest BCUT2D eigenvalue weighted by molar-refractivity contribution is 5.82. The molecule has 0 N–H and O–H groups in total. The standard InChI is InChI=1S/C10H14F3NO/c11-10(12,13)9(15)14-6-5-7-3-1-2-4-8(7)14/h7-8H,1-6H2/t7-,8+/m0/s1. The van der Waals surface area contributed by atoms with E-state index in [2.05, 4.69) is 0 Å². The minimum Gasteiger partial charge on any atom is -0.332 e. The Labute approximate surface area is 86.4 Å². The summed E-state index contributed by atoms with van der Waals surface area (Å²) in [4.78, 5) is 12.2. The van der Waals surface area contributed by atoms with E-state index in [0.717, 1.165) is 37.0 Å². The normalized spacial score (nSPS) is 31.5. The minimum atomic E-state index is -4.70. The van der Waals surface area contributed by atoms with Crippen molar-refractivity contribution in [3.8, 4) is 0 Å². The molecule has 0 aromatic carbocycles. The van der Waals surface area contributed by atoms with Gasteiger partial charge in [-0.25, -0.2) is 0 Å². The van der Waals surface area contributed by atoms with E-state index >= 15 is 0 Å². The number of alkyl halides is 3. The van der Waals surface area contributed by atoms with Gasteiger partial charge in [-0.3, -0.25) is 4.79 Å². The predicted molar refractivity (Wildman–Crippen MR) is 48.1 cm³/mol. The maximum atomic E-state index is 12.3. The Hall–Kier alpha value is -0.740. The van der Waals surface area contributed by atoms with Crippen molar-refractivity contribution in [2.24, 2.45) is 5.92 Å². The fourth-order valence-corrected chi connectivity index (χ4v) is 2.82. The van der Waals surface area contributed by atoms with Gasteiger partial charge in [0.2, 0.25) is 0 Å². The average molecular weight is 221 g/mol. The molecule has 2 rings (SSSR count). The van der Waals surface area contributed by atoms with Crippen molar-refractivity contribution in [1.82, 2.24) is 4.90 Å². The summed E-state index contributed by atoms with van der Waals surface area (Å²) in [6, 6.07) is -0.145. The topological polar surface area (TPSA) is 20.3 Å². The zero-order valence-corrected chi connectivity index (χ0v) is 8.39. The van der Waals surface area contributed by atoms with Gasteiger partial charge in [-0.1, -0.05) is 12.8 Å². The fourth-order valence-electron chi connectivity index (χ4n) is 2.82. The van der Waals surface area contributed by atoms with E-state index < -0.39 is 12.1 Å². The lowest BCUT2D eigenvalue weighted by Crippen LogP contribution is -2.45. The predicted octanol–water partition coefficient (Wildman–Crippen LogP) is 2.34. The van der Waals surface area contributed by atoms with Gasteiger partial charge in [0.1, 0.15) is 0 Å². The molecule has 2 atom stereocenters. The Kier molecular flexibility index (Phi) is 2.64. The Balaban J connectivity index is 2.08. The molecule has 86 valence electrons. The molecule has 5 heteroatoms. The number of carbonyl (C=O) groups excluding carboxylic acids is 1. The van der Waals surface area contributed by atoms with Crippen LogP contribution in [-0.4, -0.2) is 29.6 Å². The van der Waals surface area contributed by atoms with Crippen molar-refractivity contribution in [2.45, 2.75) is 44.3 Å². The maximum absolute atomic E-state index is 12.3. The van der Waals surface area contributed by atoms with Gasteiger partial charge in [-0.15, -0.1) is 0 Å². The largest absolute Gasteiger partial charge is 0.471 e. The highest BCUT2D eigenvalue weighted by Gasteiger charge is 2.48. The van der Waals surface area contributed by atoms with Gasteiger partial charge in [0, 0.05) is 12.6 Å². The molecule has 0 aromatic heterocycles. The monoisotopic (exact) mass is 221 g/mol. The third kappa shape index (κ3) is 1.96. The second kappa shape index (κ2) is 3.68. The SMILES string of the molecule is O=C(N1CC[C@@H]2CCCC[C@H]21)C(F)(F)F. The number of hydrogen-bond acceptors (Lipinski definition) is 1. The first kappa shape index (κ1) is 10.8. The molecule has 0 spiro atoms. The number of fused-ring (bicyclic) bond motifs is 1. The van der Waals surface area contributed by atoms with Gasteiger partial charge in [0.25, 0.3) is 0 Å². The zero-order chi connectivity index (χ0) is 11.1. The van der Waals surface area contributed by atoms with Crippen molar-refractivity contribution < 1.29 is 18.0 Å². The third-order valence-corrected chi connectivity index (χ3v) is 3.51. The summed E-state index contributed by atoms with van der Waals surface area (Å²) in [6.45, 7) is 0.285. The van der Waals surface area contributed by atoms with Crippen LogP contribution >= 0.6 is 0 Å². The first-order valence-corrected chi connectivity index (χ1v) is 5.38. The van der Waals surface area contributed by atoms with Crippen LogP contribution < -0.4 is 0 Å². The van der Waals surface area contributed by atoms with Gasteiger partial charge in [-0.05, 0) is 25.2 Å². The molecular weight excluding hydrogens is 207 g/mol. The van der Waals surface area contributed by atoms with Gasteiger partial charge in [0.05, 0.1) is 0 Å².